The summed E-state index contributed by atoms with van der Waals surface area (Å²) in [5, 5.41) is 4.44. The highest BCUT2D eigenvalue weighted by atomic mass is 35.5. The van der Waals surface area contributed by atoms with Gasteiger partial charge in [0.2, 0.25) is 0 Å². The molecule has 3 rings (SSSR count). The van der Waals surface area contributed by atoms with E-state index in [0.717, 1.165) is 11.1 Å². The second kappa shape index (κ2) is 7.24. The SMILES string of the molecule is N/C(Cc1ccccc1)=N\OCc1cc(Cl)c2c(c1)OCCO2. The van der Waals surface area contributed by atoms with Crippen LogP contribution in [0.2, 0.25) is 5.02 Å². The number of rotatable bonds is 5. The number of oxime groups is 1. The van der Waals surface area contributed by atoms with Crippen LogP contribution in [-0.2, 0) is 17.9 Å². The minimum Gasteiger partial charge on any atom is -0.486 e. The van der Waals surface area contributed by atoms with E-state index >= 15 is 0 Å². The van der Waals surface area contributed by atoms with Gasteiger partial charge in [-0.3, -0.25) is 0 Å². The minimum absolute atomic E-state index is 0.256. The van der Waals surface area contributed by atoms with Gasteiger partial charge in [-0.1, -0.05) is 47.1 Å². The number of hydrogen-bond acceptors (Lipinski definition) is 4. The van der Waals surface area contributed by atoms with Crippen molar-refractivity contribution in [1.29, 1.82) is 0 Å². The smallest absolute Gasteiger partial charge is 0.179 e. The predicted molar refractivity (Wildman–Crippen MR) is 89.0 cm³/mol. The molecule has 5 nitrogen and oxygen atoms in total. The lowest BCUT2D eigenvalue weighted by molar-refractivity contribution is 0.128. The summed E-state index contributed by atoms with van der Waals surface area (Å²) in [4.78, 5) is 5.31. The monoisotopic (exact) mass is 332 g/mol. The van der Waals surface area contributed by atoms with Crippen molar-refractivity contribution >= 4 is 17.4 Å². The van der Waals surface area contributed by atoms with Crippen molar-refractivity contribution in [3.63, 3.8) is 0 Å². The van der Waals surface area contributed by atoms with E-state index in [9.17, 15) is 0 Å². The van der Waals surface area contributed by atoms with Crippen LogP contribution < -0.4 is 15.2 Å². The zero-order valence-corrected chi connectivity index (χ0v) is 13.3. The molecule has 0 amide bonds. The normalized spacial score (nSPS) is 13.7. The number of hydrogen-bond donors (Lipinski definition) is 1. The molecule has 2 aromatic rings. The molecule has 1 heterocycles. The van der Waals surface area contributed by atoms with Gasteiger partial charge in [0.1, 0.15) is 25.7 Å². The fraction of sp³-hybridized carbons (Fsp3) is 0.235. The molecule has 6 heteroatoms. The Labute approximate surface area is 139 Å². The van der Waals surface area contributed by atoms with Crippen LogP contribution in [0.4, 0.5) is 0 Å². The maximum absolute atomic E-state index is 6.18. The van der Waals surface area contributed by atoms with Crippen LogP contribution in [0.3, 0.4) is 0 Å². The van der Waals surface area contributed by atoms with E-state index in [2.05, 4.69) is 5.16 Å². The summed E-state index contributed by atoms with van der Waals surface area (Å²) in [6, 6.07) is 13.5. The Kier molecular flexibility index (Phi) is 4.88. The molecule has 0 fully saturated rings. The van der Waals surface area contributed by atoms with Crippen LogP contribution in [0.5, 0.6) is 11.5 Å². The lowest BCUT2D eigenvalue weighted by Crippen LogP contribution is -2.16. The van der Waals surface area contributed by atoms with Crippen molar-refractivity contribution in [1.82, 2.24) is 0 Å². The summed E-state index contributed by atoms with van der Waals surface area (Å²) in [6.07, 6.45) is 0.544. The minimum atomic E-state index is 0.256. The van der Waals surface area contributed by atoms with Gasteiger partial charge >= 0.3 is 0 Å². The average Bonchev–Trinajstić information content (AvgIpc) is 2.56. The number of nitrogens with zero attached hydrogens (tertiary/aromatic N) is 1. The van der Waals surface area contributed by atoms with Gasteiger partial charge in [0, 0.05) is 6.42 Å². The summed E-state index contributed by atoms with van der Waals surface area (Å²) in [7, 11) is 0. The Morgan fingerprint density at radius 3 is 2.74 bits per heavy atom. The third-order valence-electron chi connectivity index (χ3n) is 3.30. The average molecular weight is 333 g/mol. The molecule has 2 N–H and O–H groups in total. The first-order valence-electron chi connectivity index (χ1n) is 7.28. The van der Waals surface area contributed by atoms with Gasteiger partial charge in [0.05, 0.1) is 5.02 Å². The molecule has 0 unspecified atom stereocenters. The van der Waals surface area contributed by atoms with E-state index in [0.29, 0.717) is 42.0 Å². The summed E-state index contributed by atoms with van der Waals surface area (Å²) < 4.78 is 11.0. The Balaban J connectivity index is 1.60. The highest BCUT2D eigenvalue weighted by Gasteiger charge is 2.16. The number of nitrogens with two attached hydrogens (primary N) is 1. The molecule has 23 heavy (non-hydrogen) atoms. The van der Waals surface area contributed by atoms with E-state index in [4.69, 9.17) is 31.6 Å². The Hall–Kier alpha value is -2.40. The maximum atomic E-state index is 6.18. The van der Waals surface area contributed by atoms with Crippen LogP contribution >= 0.6 is 11.6 Å². The first kappa shape index (κ1) is 15.5. The van der Waals surface area contributed by atoms with Crippen LogP contribution in [0, 0.1) is 0 Å². The fourth-order valence-electron chi connectivity index (χ4n) is 2.27. The molecule has 2 aromatic carbocycles. The van der Waals surface area contributed by atoms with Crippen molar-refractivity contribution in [2.24, 2.45) is 10.9 Å². The standard InChI is InChI=1S/C17H17ClN2O3/c18-14-8-13(9-15-17(14)22-7-6-21-15)11-23-20-16(19)10-12-4-2-1-3-5-12/h1-5,8-9H,6-7,10-11H2,(H2,19,20). The summed E-state index contributed by atoms with van der Waals surface area (Å²) in [5.74, 6) is 1.62. The molecule has 0 saturated carbocycles. The fourth-order valence-corrected chi connectivity index (χ4v) is 2.56. The van der Waals surface area contributed by atoms with Crippen LogP contribution in [-0.4, -0.2) is 19.0 Å². The van der Waals surface area contributed by atoms with E-state index in [1.54, 1.807) is 6.07 Å². The molecule has 0 aromatic heterocycles. The van der Waals surface area contributed by atoms with Crippen molar-refractivity contribution in [3.8, 4) is 11.5 Å². The van der Waals surface area contributed by atoms with E-state index in [-0.39, 0.29) is 6.61 Å². The van der Waals surface area contributed by atoms with Gasteiger partial charge in [-0.05, 0) is 23.3 Å². The van der Waals surface area contributed by atoms with Crippen molar-refractivity contribution in [2.75, 3.05) is 13.2 Å². The predicted octanol–water partition coefficient (Wildman–Crippen LogP) is 3.14. The molecule has 0 bridgehead atoms. The molecule has 0 atom stereocenters. The summed E-state index contributed by atoms with van der Waals surface area (Å²) in [6.45, 7) is 1.27. The van der Waals surface area contributed by atoms with Crippen LogP contribution in [0.1, 0.15) is 11.1 Å². The van der Waals surface area contributed by atoms with Crippen molar-refractivity contribution in [2.45, 2.75) is 13.0 Å². The quantitative estimate of drug-likeness (QED) is 0.519. The summed E-state index contributed by atoms with van der Waals surface area (Å²) >= 11 is 6.18. The second-order valence-corrected chi connectivity index (χ2v) is 5.53. The second-order valence-electron chi connectivity index (χ2n) is 5.12. The zero-order chi connectivity index (χ0) is 16.1. The Morgan fingerprint density at radius 2 is 1.91 bits per heavy atom. The van der Waals surface area contributed by atoms with E-state index in [1.807, 2.05) is 36.4 Å². The number of benzene rings is 2. The molecule has 120 valence electrons. The highest BCUT2D eigenvalue weighted by molar-refractivity contribution is 6.32. The molecule has 0 aliphatic carbocycles. The van der Waals surface area contributed by atoms with Crippen molar-refractivity contribution < 1.29 is 14.3 Å². The number of halogens is 1. The van der Waals surface area contributed by atoms with E-state index in [1.165, 1.54) is 0 Å². The third-order valence-corrected chi connectivity index (χ3v) is 3.58. The topological polar surface area (TPSA) is 66.1 Å². The maximum Gasteiger partial charge on any atom is 0.179 e. The number of fused-ring (bicyclic) bond motifs is 1. The third kappa shape index (κ3) is 4.07. The van der Waals surface area contributed by atoms with Gasteiger partial charge in [-0.2, -0.15) is 0 Å². The highest BCUT2D eigenvalue weighted by Crippen LogP contribution is 2.38. The molecule has 0 radical (unpaired) electrons. The molecule has 0 spiro atoms. The lowest BCUT2D eigenvalue weighted by Gasteiger charge is -2.20. The molecule has 1 aliphatic rings. The zero-order valence-electron chi connectivity index (χ0n) is 12.5. The molecule has 0 saturated heterocycles. The first-order chi connectivity index (χ1) is 11.2. The largest absolute Gasteiger partial charge is 0.486 e. The van der Waals surface area contributed by atoms with Crippen molar-refractivity contribution in [3.05, 3.63) is 58.6 Å². The number of amidine groups is 1. The first-order valence-corrected chi connectivity index (χ1v) is 7.66. The molecule has 1 aliphatic heterocycles. The van der Waals surface area contributed by atoms with Crippen LogP contribution in [0.15, 0.2) is 47.6 Å². The van der Waals surface area contributed by atoms with Gasteiger partial charge in [-0.25, -0.2) is 0 Å². The van der Waals surface area contributed by atoms with Gasteiger partial charge in [-0.15, -0.1) is 0 Å². The van der Waals surface area contributed by atoms with E-state index < -0.39 is 0 Å². The summed E-state index contributed by atoms with van der Waals surface area (Å²) in [5.41, 5.74) is 7.79. The van der Waals surface area contributed by atoms with Crippen LogP contribution in [0.25, 0.3) is 0 Å². The lowest BCUT2D eigenvalue weighted by atomic mass is 10.1. The number of ether oxygens (including phenoxy) is 2. The van der Waals surface area contributed by atoms with Gasteiger partial charge in [0.15, 0.2) is 11.5 Å². The van der Waals surface area contributed by atoms with Gasteiger partial charge < -0.3 is 20.0 Å². The molecular formula is C17H17ClN2O3. The molecular weight excluding hydrogens is 316 g/mol. The van der Waals surface area contributed by atoms with Gasteiger partial charge in [0.25, 0.3) is 0 Å². The Bertz CT molecular complexity index is 704. The Morgan fingerprint density at radius 1 is 1.13 bits per heavy atom.